The van der Waals surface area contributed by atoms with Crippen LogP contribution in [0.2, 0.25) is 0 Å². The number of aromatic carboxylic acids is 1. The van der Waals surface area contributed by atoms with E-state index in [4.69, 9.17) is 9.84 Å². The third kappa shape index (κ3) is 2.84. The number of halogens is 1. The molecule has 1 N–H and O–H groups in total. The van der Waals surface area contributed by atoms with Gasteiger partial charge in [-0.15, -0.1) is 0 Å². The van der Waals surface area contributed by atoms with Crippen LogP contribution < -0.4 is 4.74 Å². The highest BCUT2D eigenvalue weighted by Crippen LogP contribution is 2.23. The van der Waals surface area contributed by atoms with Crippen LogP contribution in [0, 0.1) is 6.92 Å². The minimum atomic E-state index is -0.968. The fourth-order valence-electron chi connectivity index (χ4n) is 1.35. The molecule has 2 aromatic rings. The van der Waals surface area contributed by atoms with E-state index in [1.807, 2.05) is 0 Å². The predicted molar refractivity (Wildman–Crippen MR) is 67.9 cm³/mol. The molecule has 5 nitrogen and oxygen atoms in total. The second-order valence-corrected chi connectivity index (χ2v) is 4.49. The van der Waals surface area contributed by atoms with Gasteiger partial charge in [-0.2, -0.15) is 0 Å². The van der Waals surface area contributed by atoms with Gasteiger partial charge in [0, 0.05) is 12.4 Å². The van der Waals surface area contributed by atoms with Gasteiger partial charge in [-0.25, -0.2) is 14.8 Å². The van der Waals surface area contributed by atoms with Crippen molar-refractivity contribution in [2.24, 2.45) is 0 Å². The molecule has 0 bridgehead atoms. The molecule has 0 saturated carbocycles. The fraction of sp³-hybridized carbons (Fsp3) is 0.0833. The summed E-state index contributed by atoms with van der Waals surface area (Å²) >= 11 is 3.22. The molecular formula is C12H9BrN2O3. The van der Waals surface area contributed by atoms with E-state index >= 15 is 0 Å². The van der Waals surface area contributed by atoms with Crippen molar-refractivity contribution in [1.82, 2.24) is 9.97 Å². The molecule has 1 aromatic heterocycles. The van der Waals surface area contributed by atoms with Crippen LogP contribution in [0.25, 0.3) is 0 Å². The van der Waals surface area contributed by atoms with E-state index in [0.717, 1.165) is 4.47 Å². The summed E-state index contributed by atoms with van der Waals surface area (Å²) < 4.78 is 6.22. The smallest absolute Gasteiger partial charge is 0.335 e. The molecule has 0 fully saturated rings. The van der Waals surface area contributed by atoms with Crippen molar-refractivity contribution in [1.29, 1.82) is 0 Å². The Morgan fingerprint density at radius 2 is 2.00 bits per heavy atom. The van der Waals surface area contributed by atoms with E-state index in [-0.39, 0.29) is 11.6 Å². The first kappa shape index (κ1) is 12.5. The van der Waals surface area contributed by atoms with Gasteiger partial charge < -0.3 is 9.84 Å². The number of carboxylic acid groups (broad SMARTS) is 1. The maximum Gasteiger partial charge on any atom is 0.335 e. The summed E-state index contributed by atoms with van der Waals surface area (Å²) in [6.45, 7) is 1.76. The lowest BCUT2D eigenvalue weighted by Gasteiger charge is -2.07. The van der Waals surface area contributed by atoms with Gasteiger partial charge in [0.25, 0.3) is 0 Å². The van der Waals surface area contributed by atoms with Crippen LogP contribution in [0.5, 0.6) is 11.8 Å². The topological polar surface area (TPSA) is 72.3 Å². The lowest BCUT2D eigenvalue weighted by molar-refractivity contribution is 0.0697. The first-order valence-corrected chi connectivity index (χ1v) is 5.85. The van der Waals surface area contributed by atoms with Gasteiger partial charge in [-0.05, 0) is 46.6 Å². The third-order valence-corrected chi connectivity index (χ3v) is 2.63. The van der Waals surface area contributed by atoms with Crippen LogP contribution >= 0.6 is 15.9 Å². The minimum Gasteiger partial charge on any atom is -0.478 e. The minimum absolute atomic E-state index is 0.212. The molecule has 0 spiro atoms. The average Bonchev–Trinajstić information content (AvgIpc) is 2.34. The zero-order valence-corrected chi connectivity index (χ0v) is 11.0. The second-order valence-electron chi connectivity index (χ2n) is 3.57. The van der Waals surface area contributed by atoms with Gasteiger partial charge in [0.2, 0.25) is 0 Å². The second kappa shape index (κ2) is 5.14. The van der Waals surface area contributed by atoms with Crippen molar-refractivity contribution in [3.8, 4) is 11.8 Å². The van der Waals surface area contributed by atoms with Gasteiger partial charge in [0.1, 0.15) is 5.75 Å². The standard InChI is InChI=1S/C12H9BrN2O3/c1-7-4-8(11(16)17)2-3-10(7)18-12-14-5-9(13)6-15-12/h2-6H,1H3,(H,16,17). The molecule has 1 aromatic carbocycles. The van der Waals surface area contributed by atoms with Crippen molar-refractivity contribution < 1.29 is 14.6 Å². The summed E-state index contributed by atoms with van der Waals surface area (Å²) in [6.07, 6.45) is 3.15. The van der Waals surface area contributed by atoms with Crippen LogP contribution in [0.15, 0.2) is 35.1 Å². The van der Waals surface area contributed by atoms with Crippen LogP contribution in [0.4, 0.5) is 0 Å². The molecule has 6 heteroatoms. The lowest BCUT2D eigenvalue weighted by Crippen LogP contribution is -1.98. The number of rotatable bonds is 3. The van der Waals surface area contributed by atoms with Crippen LogP contribution in [-0.4, -0.2) is 21.0 Å². The van der Waals surface area contributed by atoms with Gasteiger partial charge in [-0.1, -0.05) is 0 Å². The Morgan fingerprint density at radius 1 is 1.33 bits per heavy atom. The summed E-state index contributed by atoms with van der Waals surface area (Å²) in [7, 11) is 0. The number of aromatic nitrogens is 2. The zero-order valence-electron chi connectivity index (χ0n) is 9.42. The number of hydrogen-bond acceptors (Lipinski definition) is 4. The predicted octanol–water partition coefficient (Wildman–Crippen LogP) is 3.04. The normalized spacial score (nSPS) is 10.1. The molecule has 18 heavy (non-hydrogen) atoms. The number of nitrogens with zero attached hydrogens (tertiary/aromatic N) is 2. The van der Waals surface area contributed by atoms with Crippen molar-refractivity contribution in [2.45, 2.75) is 6.92 Å². The van der Waals surface area contributed by atoms with E-state index in [0.29, 0.717) is 11.3 Å². The number of benzene rings is 1. The first-order chi connectivity index (χ1) is 8.56. The van der Waals surface area contributed by atoms with Crippen LogP contribution in [0.3, 0.4) is 0 Å². The van der Waals surface area contributed by atoms with Crippen molar-refractivity contribution in [3.63, 3.8) is 0 Å². The maximum atomic E-state index is 10.8. The number of aryl methyl sites for hydroxylation is 1. The SMILES string of the molecule is Cc1cc(C(=O)O)ccc1Oc1ncc(Br)cn1. The highest BCUT2D eigenvalue weighted by atomic mass is 79.9. The number of hydrogen-bond donors (Lipinski definition) is 1. The molecule has 0 radical (unpaired) electrons. The highest BCUT2D eigenvalue weighted by molar-refractivity contribution is 9.10. The summed E-state index contributed by atoms with van der Waals surface area (Å²) in [4.78, 5) is 18.7. The summed E-state index contributed by atoms with van der Waals surface area (Å²) in [5, 5.41) is 8.85. The summed E-state index contributed by atoms with van der Waals surface area (Å²) in [5.74, 6) is -0.438. The largest absolute Gasteiger partial charge is 0.478 e. The van der Waals surface area contributed by atoms with Crippen molar-refractivity contribution in [3.05, 3.63) is 46.2 Å². The monoisotopic (exact) mass is 308 g/mol. The Kier molecular flexibility index (Phi) is 3.57. The number of ether oxygens (including phenoxy) is 1. The molecule has 0 aliphatic rings. The Morgan fingerprint density at radius 3 is 2.56 bits per heavy atom. The molecule has 0 aliphatic carbocycles. The van der Waals surface area contributed by atoms with E-state index < -0.39 is 5.97 Å². The van der Waals surface area contributed by atoms with Crippen molar-refractivity contribution in [2.75, 3.05) is 0 Å². The zero-order chi connectivity index (χ0) is 13.1. The third-order valence-electron chi connectivity index (χ3n) is 2.22. The Hall–Kier alpha value is -1.95. The van der Waals surface area contributed by atoms with E-state index in [9.17, 15) is 4.79 Å². The van der Waals surface area contributed by atoms with Gasteiger partial charge in [-0.3, -0.25) is 0 Å². The molecule has 0 saturated heterocycles. The molecule has 92 valence electrons. The molecule has 0 amide bonds. The Labute approximate surface area is 112 Å². The van der Waals surface area contributed by atoms with E-state index in [1.165, 1.54) is 12.1 Å². The average molecular weight is 309 g/mol. The maximum absolute atomic E-state index is 10.8. The lowest BCUT2D eigenvalue weighted by atomic mass is 10.1. The van der Waals surface area contributed by atoms with E-state index in [2.05, 4.69) is 25.9 Å². The molecule has 2 rings (SSSR count). The Bertz CT molecular complexity index is 584. The number of carbonyl (C=O) groups is 1. The number of carboxylic acids is 1. The summed E-state index contributed by atoms with van der Waals surface area (Å²) in [6, 6.07) is 4.81. The van der Waals surface area contributed by atoms with Crippen LogP contribution in [-0.2, 0) is 0 Å². The van der Waals surface area contributed by atoms with Crippen molar-refractivity contribution >= 4 is 21.9 Å². The van der Waals surface area contributed by atoms with Crippen LogP contribution in [0.1, 0.15) is 15.9 Å². The van der Waals surface area contributed by atoms with Gasteiger partial charge >= 0.3 is 12.0 Å². The van der Waals surface area contributed by atoms with Gasteiger partial charge in [0.05, 0.1) is 10.0 Å². The van der Waals surface area contributed by atoms with Gasteiger partial charge in [0.15, 0.2) is 0 Å². The highest BCUT2D eigenvalue weighted by Gasteiger charge is 2.08. The summed E-state index contributed by atoms with van der Waals surface area (Å²) in [5.41, 5.74) is 0.929. The molecule has 0 aliphatic heterocycles. The Balaban J connectivity index is 2.24. The quantitative estimate of drug-likeness (QED) is 0.943. The van der Waals surface area contributed by atoms with E-state index in [1.54, 1.807) is 25.4 Å². The molecule has 1 heterocycles. The molecule has 0 atom stereocenters. The fourth-order valence-corrected chi connectivity index (χ4v) is 1.55. The molecule has 0 unspecified atom stereocenters. The molecular weight excluding hydrogens is 300 g/mol. The first-order valence-electron chi connectivity index (χ1n) is 5.05.